The first-order chi connectivity index (χ1) is 11.0. The van der Waals surface area contributed by atoms with Crippen molar-refractivity contribution in [3.63, 3.8) is 0 Å². The second kappa shape index (κ2) is 8.12. The van der Waals surface area contributed by atoms with Crippen LogP contribution in [0.15, 0.2) is 29.3 Å². The number of carbonyl (C=O) groups excluding carboxylic acids is 2. The number of nitrogens with zero attached hydrogens (tertiary/aromatic N) is 1. The Kier molecular flexibility index (Phi) is 6.18. The van der Waals surface area contributed by atoms with Crippen LogP contribution in [-0.2, 0) is 14.3 Å². The number of methoxy groups -OCH3 is 1. The summed E-state index contributed by atoms with van der Waals surface area (Å²) in [5.41, 5.74) is 1.75. The van der Waals surface area contributed by atoms with E-state index in [1.165, 1.54) is 11.8 Å². The lowest BCUT2D eigenvalue weighted by Crippen LogP contribution is -2.28. The van der Waals surface area contributed by atoms with E-state index in [0.717, 1.165) is 11.3 Å². The topological polar surface area (TPSA) is 79.8 Å². The number of amides is 2. The van der Waals surface area contributed by atoms with Crippen molar-refractivity contribution in [1.29, 1.82) is 0 Å². The van der Waals surface area contributed by atoms with Crippen LogP contribution < -0.4 is 10.6 Å². The van der Waals surface area contributed by atoms with Crippen LogP contribution in [0, 0.1) is 6.92 Å². The van der Waals surface area contributed by atoms with Gasteiger partial charge in [0.05, 0.1) is 12.6 Å². The molecule has 2 N–H and O–H groups in total. The van der Waals surface area contributed by atoms with E-state index in [-0.39, 0.29) is 24.3 Å². The molecule has 124 valence electrons. The summed E-state index contributed by atoms with van der Waals surface area (Å²) in [6, 6.07) is 7.50. The van der Waals surface area contributed by atoms with Gasteiger partial charge in [-0.2, -0.15) is 0 Å². The monoisotopic (exact) mass is 335 g/mol. The van der Waals surface area contributed by atoms with Gasteiger partial charge in [0.15, 0.2) is 5.17 Å². The lowest BCUT2D eigenvalue weighted by atomic mass is 10.2. The molecule has 2 amide bonds. The van der Waals surface area contributed by atoms with Gasteiger partial charge in [-0.25, -0.2) is 0 Å². The zero-order valence-corrected chi connectivity index (χ0v) is 14.3. The van der Waals surface area contributed by atoms with Crippen LogP contribution >= 0.6 is 11.8 Å². The van der Waals surface area contributed by atoms with E-state index in [0.29, 0.717) is 11.8 Å². The number of benzene rings is 1. The molecule has 1 heterocycles. The summed E-state index contributed by atoms with van der Waals surface area (Å²) in [6.45, 7) is 4.31. The molecule has 0 aromatic heterocycles. The number of ether oxygens (including phenoxy) is 1. The molecule has 1 fully saturated rings. The molecule has 2 unspecified atom stereocenters. The number of amidine groups is 1. The van der Waals surface area contributed by atoms with E-state index in [1.54, 1.807) is 7.11 Å². The van der Waals surface area contributed by atoms with Gasteiger partial charge in [0, 0.05) is 19.2 Å². The van der Waals surface area contributed by atoms with Gasteiger partial charge in [0.1, 0.15) is 5.25 Å². The van der Waals surface area contributed by atoms with Gasteiger partial charge in [-0.3, -0.25) is 14.6 Å². The number of hydrogen-bond acceptors (Lipinski definition) is 5. The zero-order chi connectivity index (χ0) is 16.8. The molecule has 0 aliphatic carbocycles. The van der Waals surface area contributed by atoms with Gasteiger partial charge >= 0.3 is 0 Å². The van der Waals surface area contributed by atoms with Crippen LogP contribution in [0.5, 0.6) is 0 Å². The standard InChI is InChI=1S/C16H21N3O3S/c1-10-6-4-5-7-12(10)18-14(20)8-13-15(21)19-16(23-13)17-11(2)9-22-3/h4-7,11,13H,8-9H2,1-3H3,(H,18,20)(H,17,19,21). The van der Waals surface area contributed by atoms with Crippen molar-refractivity contribution in [2.45, 2.75) is 31.6 Å². The fourth-order valence-electron chi connectivity index (χ4n) is 2.16. The maximum Gasteiger partial charge on any atom is 0.240 e. The summed E-state index contributed by atoms with van der Waals surface area (Å²) in [5.74, 6) is -0.364. The number of para-hydroxylation sites is 1. The average molecular weight is 335 g/mol. The summed E-state index contributed by atoms with van der Waals surface area (Å²) >= 11 is 1.29. The van der Waals surface area contributed by atoms with Crippen molar-refractivity contribution < 1.29 is 14.3 Å². The summed E-state index contributed by atoms with van der Waals surface area (Å²) in [4.78, 5) is 28.5. The van der Waals surface area contributed by atoms with Crippen LogP contribution in [0.4, 0.5) is 5.69 Å². The summed E-state index contributed by atoms with van der Waals surface area (Å²) < 4.78 is 5.02. The van der Waals surface area contributed by atoms with Crippen molar-refractivity contribution in [2.75, 3.05) is 19.0 Å². The molecule has 0 radical (unpaired) electrons. The lowest BCUT2D eigenvalue weighted by Gasteiger charge is -2.09. The van der Waals surface area contributed by atoms with E-state index in [2.05, 4.69) is 15.6 Å². The number of thioether (sulfide) groups is 1. The fraction of sp³-hybridized carbons (Fsp3) is 0.438. The minimum Gasteiger partial charge on any atom is -0.382 e. The highest BCUT2D eigenvalue weighted by molar-refractivity contribution is 8.15. The van der Waals surface area contributed by atoms with E-state index in [4.69, 9.17) is 4.74 Å². The molecular weight excluding hydrogens is 314 g/mol. The zero-order valence-electron chi connectivity index (χ0n) is 13.5. The number of aliphatic imine (C=N–C) groups is 1. The van der Waals surface area contributed by atoms with Crippen LogP contribution in [-0.4, -0.2) is 42.0 Å². The number of hydrogen-bond donors (Lipinski definition) is 2. The van der Waals surface area contributed by atoms with E-state index >= 15 is 0 Å². The summed E-state index contributed by atoms with van der Waals surface area (Å²) in [5, 5.41) is 5.65. The molecule has 6 nitrogen and oxygen atoms in total. The maximum absolute atomic E-state index is 12.1. The second-order valence-electron chi connectivity index (χ2n) is 5.40. The number of nitrogens with one attached hydrogen (secondary N) is 2. The average Bonchev–Trinajstić information content (AvgIpc) is 2.81. The molecule has 7 heteroatoms. The SMILES string of the molecule is COCC(C)N=C1NC(=O)C(CC(=O)Nc2ccccc2C)S1. The Labute approximate surface area is 140 Å². The largest absolute Gasteiger partial charge is 0.382 e. The van der Waals surface area contributed by atoms with Crippen molar-refractivity contribution >= 4 is 34.4 Å². The molecule has 1 saturated heterocycles. The van der Waals surface area contributed by atoms with Crippen molar-refractivity contribution in [1.82, 2.24) is 5.32 Å². The van der Waals surface area contributed by atoms with Crippen LogP contribution in [0.1, 0.15) is 18.9 Å². The molecule has 23 heavy (non-hydrogen) atoms. The fourth-order valence-corrected chi connectivity index (χ4v) is 3.23. The minimum absolute atomic E-state index is 0.0395. The second-order valence-corrected chi connectivity index (χ2v) is 6.59. The number of rotatable bonds is 6. The van der Waals surface area contributed by atoms with E-state index < -0.39 is 5.25 Å². The van der Waals surface area contributed by atoms with Crippen LogP contribution in [0.2, 0.25) is 0 Å². The maximum atomic E-state index is 12.1. The third kappa shape index (κ3) is 5.07. The van der Waals surface area contributed by atoms with Crippen molar-refractivity contribution in [3.8, 4) is 0 Å². The number of carbonyl (C=O) groups is 2. The van der Waals surface area contributed by atoms with Crippen LogP contribution in [0.3, 0.4) is 0 Å². The highest BCUT2D eigenvalue weighted by atomic mass is 32.2. The Balaban J connectivity index is 1.91. The predicted octanol–water partition coefficient (Wildman–Crippen LogP) is 1.95. The van der Waals surface area contributed by atoms with E-state index in [9.17, 15) is 9.59 Å². The number of aryl methyl sites for hydroxylation is 1. The Morgan fingerprint density at radius 2 is 2.22 bits per heavy atom. The smallest absolute Gasteiger partial charge is 0.240 e. The highest BCUT2D eigenvalue weighted by Crippen LogP contribution is 2.24. The molecule has 1 aromatic rings. The lowest BCUT2D eigenvalue weighted by molar-refractivity contribution is -0.122. The first-order valence-electron chi connectivity index (χ1n) is 7.39. The Bertz CT molecular complexity index is 618. The molecule has 1 aliphatic heterocycles. The molecule has 2 atom stereocenters. The van der Waals surface area contributed by atoms with Gasteiger partial charge in [0.25, 0.3) is 0 Å². The van der Waals surface area contributed by atoms with Gasteiger partial charge in [-0.1, -0.05) is 30.0 Å². The van der Waals surface area contributed by atoms with Gasteiger partial charge in [-0.05, 0) is 25.5 Å². The highest BCUT2D eigenvalue weighted by Gasteiger charge is 2.32. The van der Waals surface area contributed by atoms with Crippen molar-refractivity contribution in [3.05, 3.63) is 29.8 Å². The van der Waals surface area contributed by atoms with E-state index in [1.807, 2.05) is 38.1 Å². The minimum atomic E-state index is -0.451. The third-order valence-corrected chi connectivity index (χ3v) is 4.41. The molecule has 0 saturated carbocycles. The van der Waals surface area contributed by atoms with Crippen LogP contribution in [0.25, 0.3) is 0 Å². The molecule has 0 spiro atoms. The first kappa shape index (κ1) is 17.5. The summed E-state index contributed by atoms with van der Waals surface area (Å²) in [6.07, 6.45) is 0.114. The molecular formula is C16H21N3O3S. The molecule has 2 rings (SSSR count). The normalized spacial score (nSPS) is 20.4. The summed E-state index contributed by atoms with van der Waals surface area (Å²) in [7, 11) is 1.61. The Morgan fingerprint density at radius 1 is 1.48 bits per heavy atom. The Hall–Kier alpha value is -1.86. The quantitative estimate of drug-likeness (QED) is 0.833. The Morgan fingerprint density at radius 3 is 2.91 bits per heavy atom. The first-order valence-corrected chi connectivity index (χ1v) is 8.27. The van der Waals surface area contributed by atoms with Gasteiger partial charge < -0.3 is 15.4 Å². The number of anilines is 1. The molecule has 0 bridgehead atoms. The molecule has 1 aromatic carbocycles. The molecule has 1 aliphatic rings. The van der Waals surface area contributed by atoms with Gasteiger partial charge in [0.2, 0.25) is 11.8 Å². The van der Waals surface area contributed by atoms with Gasteiger partial charge in [-0.15, -0.1) is 0 Å². The predicted molar refractivity (Wildman–Crippen MR) is 92.7 cm³/mol. The third-order valence-electron chi connectivity index (χ3n) is 3.31. The van der Waals surface area contributed by atoms with Crippen molar-refractivity contribution in [2.24, 2.45) is 4.99 Å².